The minimum absolute atomic E-state index is 0.0331. The van der Waals surface area contributed by atoms with Crippen LogP contribution in [-0.4, -0.2) is 22.4 Å². The second-order valence-corrected chi connectivity index (χ2v) is 7.70. The lowest BCUT2D eigenvalue weighted by atomic mass is 9.91. The van der Waals surface area contributed by atoms with Crippen molar-refractivity contribution in [3.8, 4) is 11.1 Å². The van der Waals surface area contributed by atoms with E-state index in [-0.39, 0.29) is 12.4 Å². The average Bonchev–Trinajstić information content (AvgIpc) is 2.68. The molecule has 0 saturated heterocycles. The number of ether oxygens (including phenoxy) is 1. The SMILES string of the molecule is CCCC(=NOCc1ccc(-c2ccccc2)cc1)C1C(=O)OC(C)(C)C=C1O. The molecule has 0 saturated carbocycles. The van der Waals surface area contributed by atoms with Crippen molar-refractivity contribution in [2.24, 2.45) is 11.1 Å². The van der Waals surface area contributed by atoms with Gasteiger partial charge in [-0.15, -0.1) is 0 Å². The summed E-state index contributed by atoms with van der Waals surface area (Å²) >= 11 is 0. The first-order chi connectivity index (χ1) is 13.9. The molecular formula is C24H27NO4. The van der Waals surface area contributed by atoms with Crippen molar-refractivity contribution < 1.29 is 19.5 Å². The number of aliphatic hydroxyl groups is 1. The Hall–Kier alpha value is -3.08. The Morgan fingerprint density at radius 3 is 2.38 bits per heavy atom. The second-order valence-electron chi connectivity index (χ2n) is 7.70. The minimum Gasteiger partial charge on any atom is -0.511 e. The third kappa shape index (κ3) is 5.25. The Kier molecular flexibility index (Phi) is 6.37. The second kappa shape index (κ2) is 8.95. The molecule has 0 aromatic heterocycles. The highest BCUT2D eigenvalue weighted by Crippen LogP contribution is 2.28. The number of benzene rings is 2. The first kappa shape index (κ1) is 20.6. The van der Waals surface area contributed by atoms with Gasteiger partial charge in [-0.05, 0) is 43.0 Å². The maximum Gasteiger partial charge on any atom is 0.323 e. The highest BCUT2D eigenvalue weighted by molar-refractivity contribution is 6.05. The molecule has 1 aliphatic heterocycles. The van der Waals surface area contributed by atoms with Crippen LogP contribution in [0.2, 0.25) is 0 Å². The summed E-state index contributed by atoms with van der Waals surface area (Å²) in [5.41, 5.74) is 2.91. The van der Waals surface area contributed by atoms with Crippen molar-refractivity contribution >= 4 is 11.7 Å². The lowest BCUT2D eigenvalue weighted by Crippen LogP contribution is -2.40. The van der Waals surface area contributed by atoms with Gasteiger partial charge in [0.05, 0.1) is 5.71 Å². The number of aliphatic hydroxyl groups excluding tert-OH is 1. The van der Waals surface area contributed by atoms with Gasteiger partial charge >= 0.3 is 5.97 Å². The lowest BCUT2D eigenvalue weighted by Gasteiger charge is -2.30. The standard InChI is InChI=1S/C24H27NO4/c1-4-8-20(22-21(26)15-24(2,3)29-23(22)27)25-28-16-17-11-13-19(14-12-17)18-9-6-5-7-10-18/h5-7,9-15,22,26H,4,8,16H2,1-3H3. The van der Waals surface area contributed by atoms with Gasteiger partial charge in [0.2, 0.25) is 0 Å². The summed E-state index contributed by atoms with van der Waals surface area (Å²) in [4.78, 5) is 17.9. The topological polar surface area (TPSA) is 68.1 Å². The number of rotatable bonds is 7. The molecular weight excluding hydrogens is 366 g/mol. The van der Waals surface area contributed by atoms with Crippen LogP contribution in [0.5, 0.6) is 0 Å². The molecule has 1 aliphatic rings. The molecule has 1 unspecified atom stereocenters. The first-order valence-corrected chi connectivity index (χ1v) is 9.87. The molecule has 1 heterocycles. The summed E-state index contributed by atoms with van der Waals surface area (Å²) in [7, 11) is 0. The molecule has 1 N–H and O–H groups in total. The van der Waals surface area contributed by atoms with E-state index in [4.69, 9.17) is 9.57 Å². The average molecular weight is 393 g/mol. The minimum atomic E-state index is -0.900. The number of oxime groups is 1. The molecule has 2 aromatic carbocycles. The third-order valence-electron chi connectivity index (χ3n) is 4.70. The van der Waals surface area contributed by atoms with Crippen LogP contribution in [0.3, 0.4) is 0 Å². The molecule has 5 heteroatoms. The Morgan fingerprint density at radius 2 is 1.76 bits per heavy atom. The van der Waals surface area contributed by atoms with E-state index in [0.29, 0.717) is 12.1 Å². The van der Waals surface area contributed by atoms with Crippen LogP contribution >= 0.6 is 0 Å². The number of carbonyl (C=O) groups is 1. The molecule has 29 heavy (non-hydrogen) atoms. The van der Waals surface area contributed by atoms with Gasteiger partial charge in [0.15, 0.2) is 5.92 Å². The summed E-state index contributed by atoms with van der Waals surface area (Å²) in [6, 6.07) is 18.2. The van der Waals surface area contributed by atoms with Crippen molar-refractivity contribution in [3.63, 3.8) is 0 Å². The molecule has 152 valence electrons. The van der Waals surface area contributed by atoms with Crippen molar-refractivity contribution in [1.29, 1.82) is 0 Å². The maximum atomic E-state index is 12.4. The highest BCUT2D eigenvalue weighted by Gasteiger charge is 2.39. The first-order valence-electron chi connectivity index (χ1n) is 9.87. The quantitative estimate of drug-likeness (QED) is 0.387. The van der Waals surface area contributed by atoms with Crippen LogP contribution in [0.25, 0.3) is 11.1 Å². The Bertz CT molecular complexity index is 898. The molecule has 1 atom stereocenters. The Morgan fingerprint density at radius 1 is 1.10 bits per heavy atom. The van der Waals surface area contributed by atoms with E-state index >= 15 is 0 Å². The van der Waals surface area contributed by atoms with E-state index in [9.17, 15) is 9.90 Å². The van der Waals surface area contributed by atoms with E-state index in [1.807, 2.05) is 49.4 Å². The van der Waals surface area contributed by atoms with E-state index in [1.54, 1.807) is 19.9 Å². The maximum absolute atomic E-state index is 12.4. The van der Waals surface area contributed by atoms with Crippen LogP contribution in [0.15, 0.2) is 71.6 Å². The zero-order valence-corrected chi connectivity index (χ0v) is 17.1. The van der Waals surface area contributed by atoms with Gasteiger partial charge < -0.3 is 14.7 Å². The molecule has 0 amide bonds. The van der Waals surface area contributed by atoms with E-state index in [0.717, 1.165) is 23.1 Å². The predicted octanol–water partition coefficient (Wildman–Crippen LogP) is 5.42. The van der Waals surface area contributed by atoms with Gasteiger partial charge in [-0.25, -0.2) is 0 Å². The zero-order valence-electron chi connectivity index (χ0n) is 17.1. The number of carbonyl (C=O) groups excluding carboxylic acids is 1. The Labute approximate surface area is 171 Å². The number of hydrogen-bond donors (Lipinski definition) is 1. The monoisotopic (exact) mass is 393 g/mol. The van der Waals surface area contributed by atoms with Gasteiger partial charge in [-0.3, -0.25) is 4.79 Å². The van der Waals surface area contributed by atoms with Gasteiger partial charge in [0, 0.05) is 0 Å². The van der Waals surface area contributed by atoms with E-state index in [1.165, 1.54) is 0 Å². The largest absolute Gasteiger partial charge is 0.511 e. The van der Waals surface area contributed by atoms with Crippen LogP contribution in [0, 0.1) is 5.92 Å². The van der Waals surface area contributed by atoms with Crippen LogP contribution in [0.1, 0.15) is 39.2 Å². The molecule has 0 aliphatic carbocycles. The lowest BCUT2D eigenvalue weighted by molar-refractivity contribution is -0.157. The molecule has 0 radical (unpaired) electrons. The van der Waals surface area contributed by atoms with Crippen molar-refractivity contribution in [1.82, 2.24) is 0 Å². The van der Waals surface area contributed by atoms with Gasteiger partial charge in [0.1, 0.15) is 18.0 Å². The van der Waals surface area contributed by atoms with Gasteiger partial charge in [-0.1, -0.05) is 73.1 Å². The number of cyclic esters (lactones) is 1. The summed E-state index contributed by atoms with van der Waals surface area (Å²) < 4.78 is 5.39. The van der Waals surface area contributed by atoms with Crippen LogP contribution < -0.4 is 0 Å². The summed E-state index contributed by atoms with van der Waals surface area (Å²) in [6.45, 7) is 5.71. The normalized spacial score (nSPS) is 18.7. The summed E-state index contributed by atoms with van der Waals surface area (Å²) in [6.07, 6.45) is 2.85. The molecule has 3 rings (SSSR count). The zero-order chi connectivity index (χ0) is 20.9. The van der Waals surface area contributed by atoms with Gasteiger partial charge in [0.25, 0.3) is 0 Å². The summed E-state index contributed by atoms with van der Waals surface area (Å²) in [5, 5.41) is 14.5. The number of hydrogen-bond acceptors (Lipinski definition) is 5. The molecule has 2 aromatic rings. The van der Waals surface area contributed by atoms with Crippen molar-refractivity contribution in [2.45, 2.75) is 45.8 Å². The molecule has 0 fully saturated rings. The van der Waals surface area contributed by atoms with Crippen molar-refractivity contribution in [3.05, 3.63) is 72.0 Å². The fourth-order valence-corrected chi connectivity index (χ4v) is 3.33. The van der Waals surface area contributed by atoms with E-state index in [2.05, 4.69) is 17.3 Å². The number of nitrogens with zero attached hydrogens (tertiary/aromatic N) is 1. The van der Waals surface area contributed by atoms with Crippen LogP contribution in [0.4, 0.5) is 0 Å². The van der Waals surface area contributed by atoms with Crippen LogP contribution in [-0.2, 0) is 21.0 Å². The predicted molar refractivity (Wildman–Crippen MR) is 113 cm³/mol. The number of esters is 1. The fourth-order valence-electron chi connectivity index (χ4n) is 3.33. The molecule has 0 spiro atoms. The van der Waals surface area contributed by atoms with E-state index < -0.39 is 17.5 Å². The van der Waals surface area contributed by atoms with Crippen molar-refractivity contribution in [2.75, 3.05) is 0 Å². The van der Waals surface area contributed by atoms with Gasteiger partial charge in [-0.2, -0.15) is 0 Å². The third-order valence-corrected chi connectivity index (χ3v) is 4.70. The summed E-state index contributed by atoms with van der Waals surface area (Å²) in [5.74, 6) is -1.43. The Balaban J connectivity index is 1.69. The fraction of sp³-hybridized carbons (Fsp3) is 0.333. The highest BCUT2D eigenvalue weighted by atomic mass is 16.6. The molecule has 0 bridgehead atoms. The smallest absolute Gasteiger partial charge is 0.323 e. The molecule has 5 nitrogen and oxygen atoms in total.